The molecule has 0 radical (unpaired) electrons. The quantitative estimate of drug-likeness (QED) is 0.504. The van der Waals surface area contributed by atoms with Gasteiger partial charge in [-0.05, 0) is 12.1 Å². The minimum Gasteiger partial charge on any atom is -0.481 e. The van der Waals surface area contributed by atoms with Gasteiger partial charge in [0.1, 0.15) is 11.2 Å². The van der Waals surface area contributed by atoms with Gasteiger partial charge in [-0.1, -0.05) is 18.2 Å². The average molecular weight is 363 g/mol. The molecule has 0 atom stereocenters. The molecule has 8 nitrogen and oxygen atoms in total. The number of hydrogen-bond donors (Lipinski definition) is 3. The van der Waals surface area contributed by atoms with Crippen LogP contribution in [0.5, 0.6) is 0 Å². The number of aromatic amines is 1. The zero-order valence-corrected chi connectivity index (χ0v) is 14.6. The van der Waals surface area contributed by atoms with Gasteiger partial charge in [0.05, 0.1) is 12.1 Å². The van der Waals surface area contributed by atoms with Crippen molar-refractivity contribution in [1.29, 1.82) is 0 Å². The Hall–Kier alpha value is -3.68. The van der Waals surface area contributed by atoms with Gasteiger partial charge in [0.2, 0.25) is 0 Å². The fourth-order valence-electron chi connectivity index (χ4n) is 3.28. The van der Waals surface area contributed by atoms with Crippen LogP contribution in [-0.4, -0.2) is 43.0 Å². The first-order chi connectivity index (χ1) is 13.1. The molecule has 1 amide bonds. The van der Waals surface area contributed by atoms with E-state index in [0.29, 0.717) is 16.9 Å². The monoisotopic (exact) mass is 363 g/mol. The van der Waals surface area contributed by atoms with E-state index in [0.717, 1.165) is 22.2 Å². The summed E-state index contributed by atoms with van der Waals surface area (Å²) in [6.45, 7) is 0.0605. The molecule has 0 saturated heterocycles. The maximum absolute atomic E-state index is 12.9. The van der Waals surface area contributed by atoms with Crippen LogP contribution in [0.15, 0.2) is 42.7 Å². The Kier molecular flexibility index (Phi) is 4.08. The summed E-state index contributed by atoms with van der Waals surface area (Å²) in [5.74, 6) is -1.29. The van der Waals surface area contributed by atoms with Gasteiger partial charge in [-0.15, -0.1) is 0 Å². The number of rotatable bonds is 5. The van der Waals surface area contributed by atoms with E-state index in [1.54, 1.807) is 12.4 Å². The highest BCUT2D eigenvalue weighted by atomic mass is 16.4. The molecule has 3 N–H and O–H groups in total. The summed E-state index contributed by atoms with van der Waals surface area (Å²) in [7, 11) is 1.82. The summed E-state index contributed by atoms with van der Waals surface area (Å²) in [5, 5.41) is 12.4. The van der Waals surface area contributed by atoms with Crippen molar-refractivity contribution in [2.75, 3.05) is 6.54 Å². The summed E-state index contributed by atoms with van der Waals surface area (Å²) in [4.78, 5) is 35.4. The number of carboxylic acids is 1. The number of carbonyl (C=O) groups excluding carboxylic acids is 1. The highest BCUT2D eigenvalue weighted by Gasteiger charge is 2.23. The van der Waals surface area contributed by atoms with E-state index in [9.17, 15) is 9.59 Å². The highest BCUT2D eigenvalue weighted by molar-refractivity contribution is 6.10. The van der Waals surface area contributed by atoms with Crippen molar-refractivity contribution in [2.24, 2.45) is 7.05 Å². The van der Waals surface area contributed by atoms with Crippen LogP contribution in [0.1, 0.15) is 16.9 Å². The van der Waals surface area contributed by atoms with Crippen LogP contribution in [0.25, 0.3) is 33.3 Å². The Labute approximate surface area is 153 Å². The first kappa shape index (κ1) is 16.8. The Morgan fingerprint density at radius 3 is 2.78 bits per heavy atom. The minimum atomic E-state index is -0.958. The van der Waals surface area contributed by atoms with Crippen molar-refractivity contribution in [3.05, 3.63) is 48.4 Å². The van der Waals surface area contributed by atoms with Crippen LogP contribution < -0.4 is 5.32 Å². The second-order valence-electron chi connectivity index (χ2n) is 6.17. The Morgan fingerprint density at radius 1 is 1.22 bits per heavy atom. The van der Waals surface area contributed by atoms with Crippen LogP contribution in [-0.2, 0) is 11.8 Å². The number of amides is 1. The second kappa shape index (κ2) is 6.56. The van der Waals surface area contributed by atoms with Crippen LogP contribution in [0.3, 0.4) is 0 Å². The molecule has 4 aromatic rings. The molecule has 1 aromatic carbocycles. The number of aryl methyl sites for hydroxylation is 1. The number of nitrogens with one attached hydrogen (secondary N) is 2. The maximum atomic E-state index is 12.9. The molecule has 0 unspecified atom stereocenters. The summed E-state index contributed by atoms with van der Waals surface area (Å²) >= 11 is 0. The lowest BCUT2D eigenvalue weighted by Crippen LogP contribution is -2.28. The summed E-state index contributed by atoms with van der Waals surface area (Å²) in [6, 6.07) is 9.57. The third-order valence-electron chi connectivity index (χ3n) is 4.48. The lowest BCUT2D eigenvalue weighted by Gasteiger charge is -2.08. The third-order valence-corrected chi connectivity index (χ3v) is 4.48. The van der Waals surface area contributed by atoms with Crippen molar-refractivity contribution < 1.29 is 14.7 Å². The molecule has 8 heteroatoms. The van der Waals surface area contributed by atoms with Crippen LogP contribution in [0.4, 0.5) is 0 Å². The van der Waals surface area contributed by atoms with Crippen LogP contribution >= 0.6 is 0 Å². The van der Waals surface area contributed by atoms with Gasteiger partial charge in [0, 0.05) is 42.5 Å². The van der Waals surface area contributed by atoms with Crippen LogP contribution in [0.2, 0.25) is 0 Å². The molecule has 27 heavy (non-hydrogen) atoms. The third kappa shape index (κ3) is 2.91. The summed E-state index contributed by atoms with van der Waals surface area (Å²) < 4.78 is 1.81. The zero-order chi connectivity index (χ0) is 19.0. The van der Waals surface area contributed by atoms with Crippen molar-refractivity contribution >= 4 is 33.9 Å². The topological polar surface area (TPSA) is 113 Å². The Balaban J connectivity index is 1.87. The number of aromatic nitrogens is 4. The van der Waals surface area contributed by atoms with Gasteiger partial charge < -0.3 is 20.0 Å². The number of H-pyrrole nitrogens is 1. The van der Waals surface area contributed by atoms with E-state index in [2.05, 4.69) is 20.3 Å². The number of hydrogen-bond acceptors (Lipinski definition) is 4. The maximum Gasteiger partial charge on any atom is 0.305 e. The fourth-order valence-corrected chi connectivity index (χ4v) is 3.28. The van der Waals surface area contributed by atoms with Gasteiger partial charge in [-0.25, -0.2) is 4.98 Å². The molecule has 0 aliphatic rings. The van der Waals surface area contributed by atoms with Crippen LogP contribution in [0, 0.1) is 0 Å². The van der Waals surface area contributed by atoms with E-state index in [-0.39, 0.29) is 18.9 Å². The van der Waals surface area contributed by atoms with Crippen molar-refractivity contribution in [3.63, 3.8) is 0 Å². The summed E-state index contributed by atoms with van der Waals surface area (Å²) in [6.07, 6.45) is 3.08. The van der Waals surface area contributed by atoms with Gasteiger partial charge in [-0.2, -0.15) is 0 Å². The lowest BCUT2D eigenvalue weighted by atomic mass is 10.1. The van der Waals surface area contributed by atoms with Crippen molar-refractivity contribution in [3.8, 4) is 11.3 Å². The SMILES string of the molecule is Cn1c(C(=O)NCCC(=O)O)c(-c2cc3nccnc3[nH]2)c2ccccc21. The Bertz CT molecular complexity index is 1140. The first-order valence-corrected chi connectivity index (χ1v) is 8.44. The van der Waals surface area contributed by atoms with Gasteiger partial charge in [0.15, 0.2) is 5.65 Å². The number of carbonyl (C=O) groups is 2. The number of carboxylic acid groups (broad SMARTS) is 1. The fraction of sp³-hybridized carbons (Fsp3) is 0.158. The number of para-hydroxylation sites is 1. The molecule has 3 aromatic heterocycles. The predicted molar refractivity (Wildman–Crippen MR) is 100 cm³/mol. The Morgan fingerprint density at radius 2 is 2.00 bits per heavy atom. The number of aliphatic carboxylic acids is 1. The van der Waals surface area contributed by atoms with Crippen molar-refractivity contribution in [2.45, 2.75) is 6.42 Å². The average Bonchev–Trinajstić information content (AvgIpc) is 3.20. The predicted octanol–water partition coefficient (Wildman–Crippen LogP) is 2.32. The second-order valence-corrected chi connectivity index (χ2v) is 6.17. The molecule has 0 aliphatic carbocycles. The van der Waals surface area contributed by atoms with Crippen molar-refractivity contribution in [1.82, 2.24) is 24.8 Å². The highest BCUT2D eigenvalue weighted by Crippen LogP contribution is 2.34. The standard InChI is InChI=1S/C19H17N5O3/c1-24-14-5-3-2-4-11(14)16(17(24)19(27)22-7-6-15(25)26)12-10-13-18(23-12)21-9-8-20-13/h2-5,8-10H,6-7H2,1H3,(H,21,23)(H,22,27)(H,25,26). The summed E-state index contributed by atoms with van der Waals surface area (Å²) in [5.41, 5.74) is 4.16. The number of nitrogens with zero attached hydrogens (tertiary/aromatic N) is 3. The normalized spacial score (nSPS) is 11.1. The number of benzene rings is 1. The van der Waals surface area contributed by atoms with Gasteiger partial charge in [-0.3, -0.25) is 14.6 Å². The minimum absolute atomic E-state index is 0.0605. The molecule has 0 bridgehead atoms. The molecule has 0 aliphatic heterocycles. The van der Waals surface area contributed by atoms with E-state index in [4.69, 9.17) is 5.11 Å². The molecule has 0 fully saturated rings. The zero-order valence-electron chi connectivity index (χ0n) is 14.6. The lowest BCUT2D eigenvalue weighted by molar-refractivity contribution is -0.136. The van der Waals surface area contributed by atoms with E-state index < -0.39 is 5.97 Å². The molecular weight excluding hydrogens is 346 g/mol. The molecular formula is C19H17N5O3. The van der Waals surface area contributed by atoms with E-state index in [1.807, 2.05) is 41.9 Å². The smallest absolute Gasteiger partial charge is 0.305 e. The van der Waals surface area contributed by atoms with E-state index in [1.165, 1.54) is 0 Å². The molecule has 4 rings (SSSR count). The molecule has 3 heterocycles. The molecule has 0 spiro atoms. The van der Waals surface area contributed by atoms with Gasteiger partial charge >= 0.3 is 5.97 Å². The van der Waals surface area contributed by atoms with Gasteiger partial charge in [0.25, 0.3) is 5.91 Å². The molecule has 0 saturated carbocycles. The largest absolute Gasteiger partial charge is 0.481 e. The first-order valence-electron chi connectivity index (χ1n) is 8.44. The molecule has 136 valence electrons. The number of fused-ring (bicyclic) bond motifs is 2. The van der Waals surface area contributed by atoms with E-state index >= 15 is 0 Å².